The van der Waals surface area contributed by atoms with Gasteiger partial charge in [-0.05, 0) is 18.9 Å². The molecule has 1 aromatic rings. The molecule has 2 rings (SSSR count). The average Bonchev–Trinajstić information content (AvgIpc) is 2.27. The molecule has 0 spiro atoms. The molecule has 100 valence electrons. The molecule has 0 heterocycles. The van der Waals surface area contributed by atoms with Gasteiger partial charge in [0, 0.05) is 18.2 Å². The topological polar surface area (TPSA) is 21.3 Å². The Morgan fingerprint density at radius 1 is 1.22 bits per heavy atom. The van der Waals surface area contributed by atoms with Crippen LogP contribution in [-0.4, -0.2) is 18.6 Å². The number of benzene rings is 1. The molecule has 1 saturated carbocycles. The van der Waals surface area contributed by atoms with Crippen LogP contribution in [-0.2, 0) is 6.54 Å². The van der Waals surface area contributed by atoms with Gasteiger partial charge in [-0.2, -0.15) is 0 Å². The summed E-state index contributed by atoms with van der Waals surface area (Å²) in [7, 11) is 0. The lowest BCUT2D eigenvalue weighted by atomic mass is 9.90. The molecule has 6 heteroatoms. The van der Waals surface area contributed by atoms with Crippen molar-refractivity contribution in [3.8, 4) is 5.75 Å². The first-order chi connectivity index (χ1) is 8.46. The minimum absolute atomic E-state index is 0.164. The van der Waals surface area contributed by atoms with E-state index in [2.05, 4.69) is 10.1 Å². The summed E-state index contributed by atoms with van der Waals surface area (Å²) in [6.07, 6.45) is -4.39. The second-order valence-corrected chi connectivity index (χ2v) is 4.24. The summed E-state index contributed by atoms with van der Waals surface area (Å²) in [6.45, 7) is 0.164. The van der Waals surface area contributed by atoms with Crippen LogP contribution in [0, 0.1) is 0 Å². The van der Waals surface area contributed by atoms with Gasteiger partial charge in [0.05, 0.1) is 0 Å². The number of nitrogens with one attached hydrogen (secondary N) is 1. The van der Waals surface area contributed by atoms with Gasteiger partial charge in [-0.15, -0.1) is 13.2 Å². The Balaban J connectivity index is 1.98. The number of halogens is 4. The number of alkyl halides is 4. The normalized spacial score (nSPS) is 23.6. The van der Waals surface area contributed by atoms with E-state index in [-0.39, 0.29) is 18.3 Å². The van der Waals surface area contributed by atoms with Crippen molar-refractivity contribution in [2.24, 2.45) is 0 Å². The van der Waals surface area contributed by atoms with Crippen LogP contribution >= 0.6 is 0 Å². The van der Waals surface area contributed by atoms with E-state index in [4.69, 9.17) is 0 Å². The van der Waals surface area contributed by atoms with Crippen LogP contribution in [0.2, 0.25) is 0 Å². The Labute approximate surface area is 102 Å². The maximum absolute atomic E-state index is 13.0. The molecule has 0 saturated heterocycles. The molecular formula is C12H13F4NO. The van der Waals surface area contributed by atoms with Crippen LogP contribution in [0.25, 0.3) is 0 Å². The monoisotopic (exact) mass is 263 g/mol. The first-order valence-corrected chi connectivity index (χ1v) is 5.67. The lowest BCUT2D eigenvalue weighted by Crippen LogP contribution is -2.45. The van der Waals surface area contributed by atoms with Crippen molar-refractivity contribution in [1.82, 2.24) is 5.32 Å². The molecule has 1 N–H and O–H groups in total. The maximum atomic E-state index is 13.0. The number of rotatable bonds is 4. The van der Waals surface area contributed by atoms with E-state index >= 15 is 0 Å². The van der Waals surface area contributed by atoms with E-state index < -0.39 is 12.5 Å². The van der Waals surface area contributed by atoms with Crippen LogP contribution in [0.3, 0.4) is 0 Å². The number of ether oxygens (including phenoxy) is 1. The van der Waals surface area contributed by atoms with Gasteiger partial charge in [-0.3, -0.25) is 0 Å². The Morgan fingerprint density at radius 3 is 2.50 bits per heavy atom. The Morgan fingerprint density at radius 2 is 1.94 bits per heavy atom. The number of hydrogen-bond donors (Lipinski definition) is 1. The summed E-state index contributed by atoms with van der Waals surface area (Å²) in [6, 6.07) is 5.60. The van der Waals surface area contributed by atoms with Gasteiger partial charge >= 0.3 is 6.36 Å². The Hall–Kier alpha value is -1.30. The van der Waals surface area contributed by atoms with Gasteiger partial charge in [0.15, 0.2) is 0 Å². The Bertz CT molecular complexity index is 407. The fourth-order valence-corrected chi connectivity index (χ4v) is 1.80. The molecular weight excluding hydrogens is 250 g/mol. The van der Waals surface area contributed by atoms with Crippen molar-refractivity contribution in [2.45, 2.75) is 38.0 Å². The minimum Gasteiger partial charge on any atom is -0.405 e. The predicted molar refractivity (Wildman–Crippen MR) is 57.9 cm³/mol. The zero-order valence-electron chi connectivity index (χ0n) is 9.51. The third-order valence-electron chi connectivity index (χ3n) is 2.94. The molecule has 1 aromatic carbocycles. The van der Waals surface area contributed by atoms with Crippen molar-refractivity contribution in [3.05, 3.63) is 29.8 Å². The first kappa shape index (κ1) is 13.1. The molecule has 2 unspecified atom stereocenters. The molecule has 0 aromatic heterocycles. The predicted octanol–water partition coefficient (Wildman–Crippen LogP) is 3.18. The molecule has 18 heavy (non-hydrogen) atoms. The zero-order chi connectivity index (χ0) is 13.2. The highest BCUT2D eigenvalue weighted by atomic mass is 19.4. The van der Waals surface area contributed by atoms with Gasteiger partial charge in [-0.25, -0.2) is 4.39 Å². The molecule has 1 aliphatic carbocycles. The lowest BCUT2D eigenvalue weighted by Gasteiger charge is -2.31. The van der Waals surface area contributed by atoms with E-state index in [1.165, 1.54) is 18.2 Å². The molecule has 2 atom stereocenters. The maximum Gasteiger partial charge on any atom is 0.573 e. The van der Waals surface area contributed by atoms with Crippen LogP contribution in [0.15, 0.2) is 24.3 Å². The van der Waals surface area contributed by atoms with Crippen LogP contribution < -0.4 is 10.1 Å². The molecule has 0 radical (unpaired) electrons. The van der Waals surface area contributed by atoms with Crippen LogP contribution in [0.4, 0.5) is 17.6 Å². The summed E-state index contributed by atoms with van der Waals surface area (Å²) in [5.74, 6) is -0.243. The highest BCUT2D eigenvalue weighted by Gasteiger charge is 2.33. The summed E-state index contributed by atoms with van der Waals surface area (Å²) in [4.78, 5) is 0. The fourth-order valence-electron chi connectivity index (χ4n) is 1.80. The smallest absolute Gasteiger partial charge is 0.405 e. The van der Waals surface area contributed by atoms with Gasteiger partial charge < -0.3 is 10.1 Å². The second-order valence-electron chi connectivity index (χ2n) is 4.24. The van der Waals surface area contributed by atoms with E-state index in [9.17, 15) is 17.6 Å². The van der Waals surface area contributed by atoms with Crippen molar-refractivity contribution in [2.75, 3.05) is 0 Å². The van der Waals surface area contributed by atoms with E-state index in [1.807, 2.05) is 0 Å². The van der Waals surface area contributed by atoms with Crippen molar-refractivity contribution in [3.63, 3.8) is 0 Å². The molecule has 1 aliphatic rings. The Kier molecular flexibility index (Phi) is 3.75. The fraction of sp³-hybridized carbons (Fsp3) is 0.500. The SMILES string of the molecule is FC1CCC1NCc1ccccc1OC(F)(F)F. The lowest BCUT2D eigenvalue weighted by molar-refractivity contribution is -0.274. The van der Waals surface area contributed by atoms with Crippen molar-refractivity contribution >= 4 is 0 Å². The first-order valence-electron chi connectivity index (χ1n) is 5.67. The zero-order valence-corrected chi connectivity index (χ0v) is 9.51. The standard InChI is InChI=1S/C12H13F4NO/c13-9-5-6-10(9)17-7-8-3-1-2-4-11(8)18-12(14,15)16/h1-4,9-10,17H,5-7H2. The summed E-state index contributed by atoms with van der Waals surface area (Å²) in [5, 5.41) is 2.89. The molecule has 1 fully saturated rings. The molecule has 0 bridgehead atoms. The van der Waals surface area contributed by atoms with Gasteiger partial charge in [0.1, 0.15) is 11.9 Å². The molecule has 2 nitrogen and oxygen atoms in total. The van der Waals surface area contributed by atoms with Crippen LogP contribution in [0.1, 0.15) is 18.4 Å². The van der Waals surface area contributed by atoms with Crippen molar-refractivity contribution < 1.29 is 22.3 Å². The van der Waals surface area contributed by atoms with Gasteiger partial charge in [0.25, 0.3) is 0 Å². The highest BCUT2D eigenvalue weighted by Crippen LogP contribution is 2.27. The van der Waals surface area contributed by atoms with Crippen LogP contribution in [0.5, 0.6) is 5.75 Å². The summed E-state index contributed by atoms with van der Waals surface area (Å²) < 4.78 is 53.4. The quantitative estimate of drug-likeness (QED) is 0.842. The largest absolute Gasteiger partial charge is 0.573 e. The van der Waals surface area contributed by atoms with E-state index in [1.54, 1.807) is 6.07 Å². The third kappa shape index (κ3) is 3.35. The van der Waals surface area contributed by atoms with Gasteiger partial charge in [-0.1, -0.05) is 18.2 Å². The summed E-state index contributed by atoms with van der Waals surface area (Å²) >= 11 is 0. The highest BCUT2D eigenvalue weighted by molar-refractivity contribution is 5.33. The number of para-hydroxylation sites is 1. The molecule has 0 amide bonds. The van der Waals surface area contributed by atoms with E-state index in [0.29, 0.717) is 18.4 Å². The second kappa shape index (κ2) is 5.14. The van der Waals surface area contributed by atoms with Crippen molar-refractivity contribution in [1.29, 1.82) is 0 Å². The third-order valence-corrected chi connectivity index (χ3v) is 2.94. The van der Waals surface area contributed by atoms with Gasteiger partial charge in [0.2, 0.25) is 0 Å². The summed E-state index contributed by atoms with van der Waals surface area (Å²) in [5.41, 5.74) is 0.369. The van der Waals surface area contributed by atoms with E-state index in [0.717, 1.165) is 0 Å². The average molecular weight is 263 g/mol. The molecule has 0 aliphatic heterocycles. The minimum atomic E-state index is -4.71. The number of hydrogen-bond acceptors (Lipinski definition) is 2.